The molecule has 98 valence electrons. The number of nitrogens with zero attached hydrogens (tertiary/aromatic N) is 1. The van der Waals surface area contributed by atoms with E-state index in [0.29, 0.717) is 29.5 Å². The Bertz CT molecular complexity index is 587. The average molecular weight is 274 g/mol. The molecule has 0 atom stereocenters. The highest BCUT2D eigenvalue weighted by molar-refractivity contribution is 7.80. The molecule has 0 fully saturated rings. The van der Waals surface area contributed by atoms with Gasteiger partial charge in [0, 0.05) is 6.20 Å². The molecule has 1 aromatic heterocycles. The van der Waals surface area contributed by atoms with Crippen LogP contribution in [0.3, 0.4) is 0 Å². The van der Waals surface area contributed by atoms with Gasteiger partial charge in [0.1, 0.15) is 10.7 Å². The van der Waals surface area contributed by atoms with Crippen molar-refractivity contribution in [2.75, 3.05) is 6.61 Å². The maximum atomic E-state index is 5.80. The molecule has 1 aromatic carbocycles. The van der Waals surface area contributed by atoms with E-state index in [-0.39, 0.29) is 4.99 Å². The Labute approximate surface area is 117 Å². The van der Waals surface area contributed by atoms with Crippen molar-refractivity contribution in [3.8, 4) is 17.2 Å². The van der Waals surface area contributed by atoms with Crippen LogP contribution in [0.15, 0.2) is 42.6 Å². The molecule has 0 aliphatic heterocycles. The summed E-state index contributed by atoms with van der Waals surface area (Å²) < 4.78 is 11.3. The third-order valence-electron chi connectivity index (χ3n) is 2.37. The van der Waals surface area contributed by atoms with Crippen molar-refractivity contribution in [2.45, 2.75) is 6.92 Å². The fourth-order valence-corrected chi connectivity index (χ4v) is 1.74. The van der Waals surface area contributed by atoms with Gasteiger partial charge in [-0.15, -0.1) is 0 Å². The number of aromatic nitrogens is 1. The summed E-state index contributed by atoms with van der Waals surface area (Å²) in [6, 6.07) is 11.0. The third-order valence-corrected chi connectivity index (χ3v) is 2.57. The molecule has 0 spiro atoms. The molecule has 0 radical (unpaired) electrons. The summed E-state index contributed by atoms with van der Waals surface area (Å²) in [6.07, 6.45) is 1.62. The van der Waals surface area contributed by atoms with E-state index in [1.807, 2.05) is 31.2 Å². The summed E-state index contributed by atoms with van der Waals surface area (Å²) in [7, 11) is 0. The number of benzene rings is 1. The molecule has 0 aliphatic rings. The maximum absolute atomic E-state index is 5.80. The molecule has 0 aliphatic carbocycles. The highest BCUT2D eigenvalue weighted by atomic mass is 32.1. The molecule has 0 unspecified atom stereocenters. The van der Waals surface area contributed by atoms with Crippen molar-refractivity contribution in [1.29, 1.82) is 0 Å². The number of rotatable bonds is 5. The lowest BCUT2D eigenvalue weighted by Gasteiger charge is -2.12. The van der Waals surface area contributed by atoms with Crippen LogP contribution in [0.1, 0.15) is 12.6 Å². The predicted molar refractivity (Wildman–Crippen MR) is 77.8 cm³/mol. The van der Waals surface area contributed by atoms with Crippen LogP contribution in [0.2, 0.25) is 0 Å². The summed E-state index contributed by atoms with van der Waals surface area (Å²) in [5.41, 5.74) is 6.08. The molecule has 2 rings (SSSR count). The minimum Gasteiger partial charge on any atom is -0.490 e. The Kier molecular flexibility index (Phi) is 4.30. The van der Waals surface area contributed by atoms with Crippen molar-refractivity contribution in [3.63, 3.8) is 0 Å². The molecule has 19 heavy (non-hydrogen) atoms. The lowest BCUT2D eigenvalue weighted by molar-refractivity contribution is 0.321. The summed E-state index contributed by atoms with van der Waals surface area (Å²) in [5, 5.41) is 0. The van der Waals surface area contributed by atoms with Gasteiger partial charge in [-0.1, -0.05) is 24.4 Å². The van der Waals surface area contributed by atoms with Gasteiger partial charge in [-0.25, -0.2) is 4.98 Å². The monoisotopic (exact) mass is 274 g/mol. The SMILES string of the molecule is CCOc1ccccc1Oc1cccnc1C(N)=S. The quantitative estimate of drug-likeness (QED) is 0.850. The van der Waals surface area contributed by atoms with Gasteiger partial charge in [0.2, 0.25) is 0 Å². The first-order valence-electron chi connectivity index (χ1n) is 5.87. The zero-order valence-corrected chi connectivity index (χ0v) is 11.3. The first-order valence-corrected chi connectivity index (χ1v) is 6.27. The fourth-order valence-electron chi connectivity index (χ4n) is 1.59. The van der Waals surface area contributed by atoms with Crippen LogP contribution in [0.4, 0.5) is 0 Å². The van der Waals surface area contributed by atoms with Gasteiger partial charge in [-0.2, -0.15) is 0 Å². The number of hydrogen-bond acceptors (Lipinski definition) is 4. The number of para-hydroxylation sites is 2. The molecule has 1 heterocycles. The normalized spacial score (nSPS) is 9.95. The minimum atomic E-state index is 0.199. The largest absolute Gasteiger partial charge is 0.490 e. The van der Waals surface area contributed by atoms with Gasteiger partial charge in [-0.3, -0.25) is 0 Å². The Morgan fingerprint density at radius 1 is 1.16 bits per heavy atom. The summed E-state index contributed by atoms with van der Waals surface area (Å²) >= 11 is 4.95. The Morgan fingerprint density at radius 3 is 2.53 bits per heavy atom. The zero-order valence-electron chi connectivity index (χ0n) is 10.5. The first-order chi connectivity index (χ1) is 9.22. The molecule has 0 bridgehead atoms. The number of pyridine rings is 1. The second-order valence-electron chi connectivity index (χ2n) is 3.70. The van der Waals surface area contributed by atoms with Crippen LogP contribution in [-0.4, -0.2) is 16.6 Å². The molecular formula is C14H14N2O2S. The molecule has 0 saturated carbocycles. The van der Waals surface area contributed by atoms with E-state index in [2.05, 4.69) is 4.98 Å². The summed E-state index contributed by atoms with van der Waals surface area (Å²) in [6.45, 7) is 2.48. The number of thiocarbonyl (C=S) groups is 1. The van der Waals surface area contributed by atoms with Crippen LogP contribution in [-0.2, 0) is 0 Å². The zero-order chi connectivity index (χ0) is 13.7. The van der Waals surface area contributed by atoms with Crippen LogP contribution in [0, 0.1) is 0 Å². The van der Waals surface area contributed by atoms with E-state index in [1.54, 1.807) is 18.3 Å². The van der Waals surface area contributed by atoms with Crippen molar-refractivity contribution in [1.82, 2.24) is 4.98 Å². The minimum absolute atomic E-state index is 0.199. The Balaban J connectivity index is 2.34. The van der Waals surface area contributed by atoms with Gasteiger partial charge in [0.25, 0.3) is 0 Å². The van der Waals surface area contributed by atoms with Crippen LogP contribution >= 0.6 is 12.2 Å². The molecule has 0 amide bonds. The first kappa shape index (κ1) is 13.3. The predicted octanol–water partition coefficient (Wildman–Crippen LogP) is 2.91. The number of ether oxygens (including phenoxy) is 2. The lowest BCUT2D eigenvalue weighted by Crippen LogP contribution is -2.12. The summed E-state index contributed by atoms with van der Waals surface area (Å²) in [4.78, 5) is 4.32. The third kappa shape index (κ3) is 3.20. The molecular weight excluding hydrogens is 260 g/mol. The van der Waals surface area contributed by atoms with Gasteiger partial charge in [0.15, 0.2) is 17.2 Å². The second-order valence-corrected chi connectivity index (χ2v) is 4.14. The topological polar surface area (TPSA) is 57.4 Å². The van der Waals surface area contributed by atoms with Gasteiger partial charge in [0.05, 0.1) is 6.61 Å². The molecule has 2 N–H and O–H groups in total. The van der Waals surface area contributed by atoms with Crippen molar-refractivity contribution < 1.29 is 9.47 Å². The van der Waals surface area contributed by atoms with Crippen molar-refractivity contribution in [3.05, 3.63) is 48.3 Å². The van der Waals surface area contributed by atoms with Gasteiger partial charge >= 0.3 is 0 Å². The lowest BCUT2D eigenvalue weighted by atomic mass is 10.3. The number of hydrogen-bond donors (Lipinski definition) is 1. The van der Waals surface area contributed by atoms with E-state index in [4.69, 9.17) is 27.4 Å². The van der Waals surface area contributed by atoms with E-state index >= 15 is 0 Å². The molecule has 0 saturated heterocycles. The number of nitrogens with two attached hydrogens (primary N) is 1. The van der Waals surface area contributed by atoms with Gasteiger partial charge < -0.3 is 15.2 Å². The van der Waals surface area contributed by atoms with Crippen LogP contribution < -0.4 is 15.2 Å². The Morgan fingerprint density at radius 2 is 1.84 bits per heavy atom. The fraction of sp³-hybridized carbons (Fsp3) is 0.143. The van der Waals surface area contributed by atoms with Crippen LogP contribution in [0.5, 0.6) is 17.2 Å². The maximum Gasteiger partial charge on any atom is 0.169 e. The van der Waals surface area contributed by atoms with E-state index in [9.17, 15) is 0 Å². The van der Waals surface area contributed by atoms with Crippen LogP contribution in [0.25, 0.3) is 0 Å². The van der Waals surface area contributed by atoms with Crippen molar-refractivity contribution in [2.24, 2.45) is 5.73 Å². The molecule has 2 aromatic rings. The smallest absolute Gasteiger partial charge is 0.169 e. The van der Waals surface area contributed by atoms with Crippen molar-refractivity contribution >= 4 is 17.2 Å². The standard InChI is InChI=1S/C14H14N2O2S/c1-2-17-10-6-3-4-7-11(10)18-12-8-5-9-16-13(12)14(15)19/h3-9H,2H2,1H3,(H2,15,19). The second kappa shape index (κ2) is 6.15. The van der Waals surface area contributed by atoms with Gasteiger partial charge in [-0.05, 0) is 31.2 Å². The highest BCUT2D eigenvalue weighted by Gasteiger charge is 2.11. The highest BCUT2D eigenvalue weighted by Crippen LogP contribution is 2.32. The van der Waals surface area contributed by atoms with E-state index in [1.165, 1.54) is 0 Å². The molecule has 4 nitrogen and oxygen atoms in total. The van der Waals surface area contributed by atoms with E-state index < -0.39 is 0 Å². The summed E-state index contributed by atoms with van der Waals surface area (Å²) in [5.74, 6) is 1.79. The molecule has 5 heteroatoms. The average Bonchev–Trinajstić information content (AvgIpc) is 2.42. The van der Waals surface area contributed by atoms with E-state index in [0.717, 1.165) is 0 Å². The Hall–Kier alpha value is -2.14.